The maximum absolute atomic E-state index is 12.6. The zero-order valence-corrected chi connectivity index (χ0v) is 14.6. The summed E-state index contributed by atoms with van der Waals surface area (Å²) in [6.07, 6.45) is 6.68. The lowest BCUT2D eigenvalue weighted by atomic mass is 9.82. The van der Waals surface area contributed by atoms with Crippen molar-refractivity contribution in [3.05, 3.63) is 71.3 Å². The van der Waals surface area contributed by atoms with E-state index in [9.17, 15) is 4.79 Å². The summed E-state index contributed by atoms with van der Waals surface area (Å²) in [5.41, 5.74) is 1.89. The van der Waals surface area contributed by atoms with Gasteiger partial charge in [0, 0.05) is 0 Å². The van der Waals surface area contributed by atoms with Crippen molar-refractivity contribution in [2.45, 2.75) is 39.2 Å². The number of carbonyl (C=O) groups is 1. The highest BCUT2D eigenvalue weighted by Crippen LogP contribution is 2.26. The van der Waals surface area contributed by atoms with Crippen LogP contribution < -0.4 is 0 Å². The highest BCUT2D eigenvalue weighted by Gasteiger charge is 2.35. The summed E-state index contributed by atoms with van der Waals surface area (Å²) >= 11 is 0. The Hall–Kier alpha value is -2.53. The second-order valence-electron chi connectivity index (χ2n) is 6.63. The molecule has 0 spiro atoms. The predicted octanol–water partition coefficient (Wildman–Crippen LogP) is 4.52. The van der Waals surface area contributed by atoms with Crippen LogP contribution in [0.2, 0.25) is 0 Å². The molecular formula is C22H24O2. The highest BCUT2D eigenvalue weighted by atomic mass is 16.5. The molecule has 0 aliphatic rings. The molecule has 24 heavy (non-hydrogen) atoms. The lowest BCUT2D eigenvalue weighted by Crippen LogP contribution is -2.32. The number of hydrogen-bond acceptors (Lipinski definition) is 2. The van der Waals surface area contributed by atoms with Crippen molar-refractivity contribution in [2.75, 3.05) is 0 Å². The molecule has 1 unspecified atom stereocenters. The summed E-state index contributed by atoms with van der Waals surface area (Å²) in [5.74, 6) is 2.81. The second kappa shape index (κ2) is 7.84. The normalized spacial score (nSPS) is 13.1. The number of terminal acetylenes is 1. The van der Waals surface area contributed by atoms with Crippen LogP contribution in [0.4, 0.5) is 0 Å². The summed E-state index contributed by atoms with van der Waals surface area (Å²) in [5, 5.41) is 0. The average Bonchev–Trinajstić information content (AvgIpc) is 2.60. The van der Waals surface area contributed by atoms with E-state index in [0.717, 1.165) is 17.5 Å². The number of carbonyl (C=O) groups excluding carboxylic acids is 1. The molecule has 0 N–H and O–H groups in total. The molecule has 2 nitrogen and oxygen atoms in total. The van der Waals surface area contributed by atoms with E-state index in [1.807, 2.05) is 54.6 Å². The first-order chi connectivity index (χ1) is 11.5. The Morgan fingerprint density at radius 1 is 1.08 bits per heavy atom. The number of ether oxygens (including phenoxy) is 1. The second-order valence-corrected chi connectivity index (χ2v) is 6.63. The molecule has 2 aromatic carbocycles. The zero-order valence-electron chi connectivity index (χ0n) is 14.6. The Balaban J connectivity index is 2.12. The quantitative estimate of drug-likeness (QED) is 0.578. The largest absolute Gasteiger partial charge is 0.459 e. The van der Waals surface area contributed by atoms with Crippen LogP contribution in [0, 0.1) is 18.3 Å². The molecule has 0 saturated heterocycles. The van der Waals surface area contributed by atoms with E-state index < -0.39 is 11.4 Å². The zero-order chi connectivity index (χ0) is 17.6. The van der Waals surface area contributed by atoms with Gasteiger partial charge in [0.25, 0.3) is 0 Å². The first-order valence-electron chi connectivity index (χ1n) is 8.24. The van der Waals surface area contributed by atoms with Crippen LogP contribution in [0.1, 0.15) is 37.5 Å². The van der Waals surface area contributed by atoms with Crippen LogP contribution in [-0.2, 0) is 28.0 Å². The molecule has 0 fully saturated rings. The minimum absolute atomic E-state index is 0.225. The molecule has 0 radical (unpaired) electrons. The van der Waals surface area contributed by atoms with Crippen LogP contribution in [-0.4, -0.2) is 5.97 Å². The Bertz CT molecular complexity index is 708. The van der Waals surface area contributed by atoms with Crippen LogP contribution in [0.5, 0.6) is 0 Å². The van der Waals surface area contributed by atoms with E-state index in [2.05, 4.69) is 19.8 Å². The van der Waals surface area contributed by atoms with Crippen LogP contribution in [0.15, 0.2) is 54.6 Å². The smallest absolute Gasteiger partial charge is 0.328 e. The van der Waals surface area contributed by atoms with Gasteiger partial charge in [0.05, 0.1) is 0 Å². The summed E-state index contributed by atoms with van der Waals surface area (Å²) in [6, 6.07) is 17.5. The fourth-order valence-corrected chi connectivity index (χ4v) is 2.57. The summed E-state index contributed by atoms with van der Waals surface area (Å²) in [6.45, 7) is 6.32. The minimum Gasteiger partial charge on any atom is -0.459 e. The van der Waals surface area contributed by atoms with E-state index in [0.29, 0.717) is 5.92 Å². The number of rotatable bonds is 6. The van der Waals surface area contributed by atoms with Gasteiger partial charge >= 0.3 is 5.97 Å². The molecule has 2 aromatic rings. The van der Waals surface area contributed by atoms with Gasteiger partial charge in [-0.25, -0.2) is 0 Å². The van der Waals surface area contributed by atoms with Crippen molar-refractivity contribution in [1.82, 2.24) is 0 Å². The van der Waals surface area contributed by atoms with Crippen molar-refractivity contribution in [1.29, 1.82) is 0 Å². The Morgan fingerprint density at radius 2 is 1.71 bits per heavy atom. The van der Waals surface area contributed by atoms with E-state index >= 15 is 0 Å². The molecular weight excluding hydrogens is 296 g/mol. The highest BCUT2D eigenvalue weighted by molar-refractivity contribution is 5.86. The van der Waals surface area contributed by atoms with Gasteiger partial charge in [-0.05, 0) is 36.0 Å². The fourth-order valence-electron chi connectivity index (χ4n) is 2.57. The summed E-state index contributed by atoms with van der Waals surface area (Å²) in [7, 11) is 0. The van der Waals surface area contributed by atoms with Gasteiger partial charge < -0.3 is 4.74 Å². The minimum atomic E-state index is -1.08. The lowest BCUT2D eigenvalue weighted by molar-refractivity contribution is -0.149. The van der Waals surface area contributed by atoms with Crippen molar-refractivity contribution < 1.29 is 9.53 Å². The number of esters is 1. The first kappa shape index (κ1) is 17.8. The van der Waals surface area contributed by atoms with Gasteiger partial charge in [0.15, 0.2) is 5.41 Å². The van der Waals surface area contributed by atoms with Gasteiger partial charge in [0.2, 0.25) is 0 Å². The number of benzene rings is 2. The molecule has 0 aromatic heterocycles. The molecule has 0 aliphatic carbocycles. The molecule has 0 bridgehead atoms. The van der Waals surface area contributed by atoms with Gasteiger partial charge in [-0.15, -0.1) is 6.42 Å². The van der Waals surface area contributed by atoms with Crippen LogP contribution >= 0.6 is 0 Å². The monoisotopic (exact) mass is 320 g/mol. The molecule has 0 aliphatic heterocycles. The fraction of sp³-hybridized carbons (Fsp3) is 0.318. The first-order valence-corrected chi connectivity index (χ1v) is 8.24. The summed E-state index contributed by atoms with van der Waals surface area (Å²) in [4.78, 5) is 12.6. The van der Waals surface area contributed by atoms with Crippen molar-refractivity contribution >= 4 is 5.97 Å². The molecule has 2 heteroatoms. The van der Waals surface area contributed by atoms with E-state index in [4.69, 9.17) is 11.2 Å². The van der Waals surface area contributed by atoms with Gasteiger partial charge in [-0.1, -0.05) is 74.4 Å². The Labute approximate surface area is 144 Å². The van der Waals surface area contributed by atoms with Gasteiger partial charge in [-0.3, -0.25) is 4.79 Å². The Morgan fingerprint density at radius 3 is 2.25 bits per heavy atom. The average molecular weight is 320 g/mol. The van der Waals surface area contributed by atoms with Crippen LogP contribution in [0.3, 0.4) is 0 Å². The molecule has 2 rings (SSSR count). The topological polar surface area (TPSA) is 26.3 Å². The molecule has 0 heterocycles. The van der Waals surface area contributed by atoms with Gasteiger partial charge in [-0.2, -0.15) is 0 Å². The third-order valence-corrected chi connectivity index (χ3v) is 4.08. The van der Waals surface area contributed by atoms with Crippen LogP contribution in [0.25, 0.3) is 0 Å². The maximum atomic E-state index is 12.6. The third-order valence-electron chi connectivity index (χ3n) is 4.08. The molecule has 124 valence electrons. The van der Waals surface area contributed by atoms with E-state index in [1.165, 1.54) is 5.56 Å². The molecule has 1 atom stereocenters. The van der Waals surface area contributed by atoms with E-state index in [1.54, 1.807) is 6.92 Å². The lowest BCUT2D eigenvalue weighted by Gasteiger charge is -2.22. The SMILES string of the molecule is C#CC(C)(C(=O)OCc1ccccc1)c1ccc(CC(C)C)cc1. The van der Waals surface area contributed by atoms with Crippen molar-refractivity contribution in [3.63, 3.8) is 0 Å². The van der Waals surface area contributed by atoms with Crippen molar-refractivity contribution in [3.8, 4) is 12.3 Å². The molecule has 0 amide bonds. The van der Waals surface area contributed by atoms with Crippen molar-refractivity contribution in [2.24, 2.45) is 5.92 Å². The standard InChI is InChI=1S/C22H24O2/c1-5-22(4,20-13-11-18(12-14-20)15-17(2)3)21(23)24-16-19-9-7-6-8-10-19/h1,6-14,17H,15-16H2,2-4H3. The van der Waals surface area contributed by atoms with E-state index in [-0.39, 0.29) is 6.61 Å². The predicted molar refractivity (Wildman–Crippen MR) is 97.4 cm³/mol. The maximum Gasteiger partial charge on any atom is 0.328 e. The summed E-state index contributed by atoms with van der Waals surface area (Å²) < 4.78 is 5.45. The van der Waals surface area contributed by atoms with Gasteiger partial charge in [0.1, 0.15) is 6.61 Å². The number of hydrogen-bond donors (Lipinski definition) is 0. The third kappa shape index (κ3) is 4.26. The molecule has 0 saturated carbocycles. The Kier molecular flexibility index (Phi) is 5.82.